The summed E-state index contributed by atoms with van der Waals surface area (Å²) in [4.78, 5) is 23.3. The smallest absolute Gasteiger partial charge is 0.265 e. The first-order chi connectivity index (χ1) is 11.8. The van der Waals surface area contributed by atoms with Crippen molar-refractivity contribution in [3.63, 3.8) is 0 Å². The van der Waals surface area contributed by atoms with E-state index in [1.54, 1.807) is 18.2 Å². The third-order valence-electron chi connectivity index (χ3n) is 3.11. The zero-order valence-corrected chi connectivity index (χ0v) is 15.7. The van der Waals surface area contributed by atoms with E-state index in [4.69, 9.17) is 16.3 Å². The Hall–Kier alpha value is -2.12. The van der Waals surface area contributed by atoms with Crippen LogP contribution < -0.4 is 15.4 Å². The van der Waals surface area contributed by atoms with E-state index in [1.165, 1.54) is 26.0 Å². The van der Waals surface area contributed by atoms with Crippen molar-refractivity contribution in [1.82, 2.24) is 0 Å². The number of carbonyl (C=O) groups is 2. The molecule has 0 saturated heterocycles. The number of hydrogen-bond donors (Lipinski definition) is 2. The van der Waals surface area contributed by atoms with Gasteiger partial charge in [-0.1, -0.05) is 11.6 Å². The van der Waals surface area contributed by atoms with Gasteiger partial charge in [-0.3, -0.25) is 9.59 Å². The van der Waals surface area contributed by atoms with Crippen molar-refractivity contribution in [2.24, 2.45) is 0 Å². The molecular weight excluding hydrogens is 415 g/mol. The number of benzene rings is 2. The molecule has 0 bridgehead atoms. The molecule has 0 heterocycles. The summed E-state index contributed by atoms with van der Waals surface area (Å²) < 4.78 is 20.0. The molecule has 2 rings (SSSR count). The summed E-state index contributed by atoms with van der Waals surface area (Å²) >= 11 is 9.15. The fourth-order valence-electron chi connectivity index (χ4n) is 1.95. The molecule has 0 aliphatic carbocycles. The molecule has 0 aromatic heterocycles. The Kier molecular flexibility index (Phi) is 6.39. The largest absolute Gasteiger partial charge is 0.480 e. The summed E-state index contributed by atoms with van der Waals surface area (Å²) in [6.07, 6.45) is -0.888. The highest BCUT2D eigenvalue weighted by atomic mass is 79.9. The minimum atomic E-state index is -0.888. The standard InChI is InChI=1S/C17H15BrClFN2O3/c1-9(25-16-6-3-11(19)7-13(16)18)17(24)22-15-8-12(21-10(2)23)4-5-14(15)20/h3-9H,1-2H3,(H,21,23)(H,22,24). The van der Waals surface area contributed by atoms with Gasteiger partial charge in [0.2, 0.25) is 5.91 Å². The summed E-state index contributed by atoms with van der Waals surface area (Å²) in [5.74, 6) is -1.03. The first-order valence-corrected chi connectivity index (χ1v) is 8.43. The maximum Gasteiger partial charge on any atom is 0.265 e. The van der Waals surface area contributed by atoms with Gasteiger partial charge in [0.1, 0.15) is 11.6 Å². The van der Waals surface area contributed by atoms with E-state index in [-0.39, 0.29) is 11.6 Å². The molecule has 2 amide bonds. The van der Waals surface area contributed by atoms with E-state index in [1.807, 2.05) is 0 Å². The Morgan fingerprint density at radius 1 is 1.20 bits per heavy atom. The van der Waals surface area contributed by atoms with Gasteiger partial charge < -0.3 is 15.4 Å². The van der Waals surface area contributed by atoms with E-state index in [9.17, 15) is 14.0 Å². The molecule has 8 heteroatoms. The maximum atomic E-state index is 13.9. The molecule has 0 aliphatic rings. The summed E-state index contributed by atoms with van der Waals surface area (Å²) in [5.41, 5.74) is 0.320. The molecule has 0 spiro atoms. The van der Waals surface area contributed by atoms with Crippen molar-refractivity contribution < 1.29 is 18.7 Å². The number of nitrogens with one attached hydrogen (secondary N) is 2. The zero-order valence-electron chi connectivity index (χ0n) is 13.4. The minimum absolute atomic E-state index is 0.0538. The fourth-order valence-corrected chi connectivity index (χ4v) is 2.73. The molecule has 5 nitrogen and oxygen atoms in total. The van der Waals surface area contributed by atoms with Gasteiger partial charge in [-0.2, -0.15) is 0 Å². The molecule has 2 aromatic rings. The minimum Gasteiger partial charge on any atom is -0.480 e. The average Bonchev–Trinajstić information content (AvgIpc) is 2.52. The average molecular weight is 430 g/mol. The van der Waals surface area contributed by atoms with Crippen LogP contribution in [0.2, 0.25) is 5.02 Å². The van der Waals surface area contributed by atoms with Crippen LogP contribution in [0.25, 0.3) is 0 Å². The third kappa shape index (κ3) is 5.44. The van der Waals surface area contributed by atoms with Crippen LogP contribution in [0.4, 0.5) is 15.8 Å². The lowest BCUT2D eigenvalue weighted by molar-refractivity contribution is -0.122. The van der Waals surface area contributed by atoms with Gasteiger partial charge in [-0.15, -0.1) is 0 Å². The summed E-state index contributed by atoms with van der Waals surface area (Å²) in [6, 6.07) is 8.77. The number of hydrogen-bond acceptors (Lipinski definition) is 3. The van der Waals surface area contributed by atoms with E-state index in [0.29, 0.717) is 20.9 Å². The van der Waals surface area contributed by atoms with Crippen LogP contribution >= 0.6 is 27.5 Å². The van der Waals surface area contributed by atoms with Crippen molar-refractivity contribution in [3.05, 3.63) is 51.7 Å². The first-order valence-electron chi connectivity index (χ1n) is 7.26. The first kappa shape index (κ1) is 19.2. The second kappa shape index (κ2) is 8.31. The van der Waals surface area contributed by atoms with Crippen molar-refractivity contribution in [3.8, 4) is 5.75 Å². The lowest BCUT2D eigenvalue weighted by atomic mass is 10.2. The number of anilines is 2. The third-order valence-corrected chi connectivity index (χ3v) is 3.97. The van der Waals surface area contributed by atoms with Gasteiger partial charge in [0, 0.05) is 17.6 Å². The molecule has 0 radical (unpaired) electrons. The molecule has 1 unspecified atom stereocenters. The monoisotopic (exact) mass is 428 g/mol. The Bertz CT molecular complexity index is 816. The molecule has 0 aliphatic heterocycles. The van der Waals surface area contributed by atoms with E-state index < -0.39 is 17.8 Å². The molecule has 132 valence electrons. The van der Waals surface area contributed by atoms with Gasteiger partial charge in [0.15, 0.2) is 6.10 Å². The molecule has 2 aromatic carbocycles. The maximum absolute atomic E-state index is 13.9. The lowest BCUT2D eigenvalue weighted by Gasteiger charge is -2.16. The molecule has 0 fully saturated rings. The summed E-state index contributed by atoms with van der Waals surface area (Å²) in [7, 11) is 0. The Morgan fingerprint density at radius 2 is 1.92 bits per heavy atom. The van der Waals surface area contributed by atoms with Gasteiger partial charge in [-0.05, 0) is 59.3 Å². The topological polar surface area (TPSA) is 67.4 Å². The van der Waals surface area contributed by atoms with Crippen LogP contribution in [-0.4, -0.2) is 17.9 Å². The normalized spacial score (nSPS) is 11.6. The van der Waals surface area contributed by atoms with Gasteiger partial charge in [0.05, 0.1) is 10.2 Å². The molecular formula is C17H15BrClFN2O3. The van der Waals surface area contributed by atoms with Gasteiger partial charge in [-0.25, -0.2) is 4.39 Å². The predicted octanol–water partition coefficient (Wildman–Crippen LogP) is 4.61. The second-order valence-electron chi connectivity index (χ2n) is 5.20. The number of halogens is 3. The highest BCUT2D eigenvalue weighted by Gasteiger charge is 2.18. The molecule has 1 atom stereocenters. The molecule has 0 saturated carbocycles. The van der Waals surface area contributed by atoms with Crippen LogP contribution in [-0.2, 0) is 9.59 Å². The van der Waals surface area contributed by atoms with E-state index in [0.717, 1.165) is 6.07 Å². The van der Waals surface area contributed by atoms with Crippen LogP contribution in [0.5, 0.6) is 5.75 Å². The Morgan fingerprint density at radius 3 is 2.56 bits per heavy atom. The Labute approximate surface area is 157 Å². The van der Waals surface area contributed by atoms with Crippen LogP contribution in [0, 0.1) is 5.82 Å². The lowest BCUT2D eigenvalue weighted by Crippen LogP contribution is -2.30. The number of ether oxygens (including phenoxy) is 1. The SMILES string of the molecule is CC(=O)Nc1ccc(F)c(NC(=O)C(C)Oc2ccc(Cl)cc2Br)c1. The quantitative estimate of drug-likeness (QED) is 0.729. The van der Waals surface area contributed by atoms with Crippen molar-refractivity contribution in [1.29, 1.82) is 0 Å². The van der Waals surface area contributed by atoms with Crippen LogP contribution in [0.3, 0.4) is 0 Å². The van der Waals surface area contributed by atoms with E-state index >= 15 is 0 Å². The Balaban J connectivity index is 2.09. The van der Waals surface area contributed by atoms with Crippen molar-refractivity contribution >= 4 is 50.7 Å². The second-order valence-corrected chi connectivity index (χ2v) is 6.49. The van der Waals surface area contributed by atoms with Gasteiger partial charge >= 0.3 is 0 Å². The summed E-state index contributed by atoms with van der Waals surface area (Å²) in [6.45, 7) is 2.87. The number of amides is 2. The van der Waals surface area contributed by atoms with E-state index in [2.05, 4.69) is 26.6 Å². The highest BCUT2D eigenvalue weighted by molar-refractivity contribution is 9.10. The van der Waals surface area contributed by atoms with Crippen molar-refractivity contribution in [2.75, 3.05) is 10.6 Å². The zero-order chi connectivity index (χ0) is 18.6. The summed E-state index contributed by atoms with van der Waals surface area (Å²) in [5, 5.41) is 5.49. The van der Waals surface area contributed by atoms with Crippen LogP contribution in [0.1, 0.15) is 13.8 Å². The molecule has 2 N–H and O–H groups in total. The number of carbonyl (C=O) groups excluding carboxylic acids is 2. The number of rotatable bonds is 5. The van der Waals surface area contributed by atoms with Gasteiger partial charge in [0.25, 0.3) is 5.91 Å². The molecule has 25 heavy (non-hydrogen) atoms. The fraction of sp³-hybridized carbons (Fsp3) is 0.176. The van der Waals surface area contributed by atoms with Crippen LogP contribution in [0.15, 0.2) is 40.9 Å². The predicted molar refractivity (Wildman–Crippen MR) is 98.6 cm³/mol. The highest BCUT2D eigenvalue weighted by Crippen LogP contribution is 2.29. The van der Waals surface area contributed by atoms with Crippen molar-refractivity contribution in [2.45, 2.75) is 20.0 Å².